The Balaban J connectivity index is 2.00. The van der Waals surface area contributed by atoms with Gasteiger partial charge in [-0.25, -0.2) is 0 Å². The van der Waals surface area contributed by atoms with Crippen molar-refractivity contribution >= 4 is 17.5 Å². The van der Waals surface area contributed by atoms with Crippen molar-refractivity contribution in [3.63, 3.8) is 0 Å². The van der Waals surface area contributed by atoms with Crippen LogP contribution in [0.15, 0.2) is 54.6 Å². The second-order valence-corrected chi connectivity index (χ2v) is 6.94. The number of hydrogen-bond acceptors (Lipinski definition) is 2. The molecular weight excluding hydrogens is 322 g/mol. The molecule has 2 aromatic carbocycles. The van der Waals surface area contributed by atoms with Crippen LogP contribution >= 0.6 is 11.6 Å². The quantitative estimate of drug-likeness (QED) is 0.794. The number of hydrogen-bond donors (Lipinski definition) is 1. The average Bonchev–Trinajstić information content (AvgIpc) is 2.52. The monoisotopic (exact) mass is 345 g/mol. The van der Waals surface area contributed by atoms with E-state index in [1.165, 1.54) is 5.56 Å². The Labute approximate surface area is 149 Å². The van der Waals surface area contributed by atoms with E-state index in [2.05, 4.69) is 17.4 Å². The first-order valence-electron chi connectivity index (χ1n) is 8.18. The summed E-state index contributed by atoms with van der Waals surface area (Å²) in [6.07, 6.45) is 0.797. The van der Waals surface area contributed by atoms with Gasteiger partial charge < -0.3 is 10.1 Å². The minimum atomic E-state index is -0.543. The third-order valence-electron chi connectivity index (χ3n) is 3.69. The van der Waals surface area contributed by atoms with Crippen LogP contribution in [0.5, 0.6) is 5.75 Å². The Morgan fingerprint density at radius 1 is 1.17 bits per heavy atom. The molecule has 0 aliphatic carbocycles. The largest absolute Gasteiger partial charge is 0.481 e. The molecule has 1 N–H and O–H groups in total. The molecule has 1 amide bonds. The molecule has 0 fully saturated rings. The average molecular weight is 346 g/mol. The summed E-state index contributed by atoms with van der Waals surface area (Å²) in [5.74, 6) is 0.490. The van der Waals surface area contributed by atoms with Crippen LogP contribution in [-0.2, 0) is 11.2 Å². The maximum Gasteiger partial charge on any atom is 0.261 e. The van der Waals surface area contributed by atoms with Gasteiger partial charge in [-0.3, -0.25) is 4.79 Å². The van der Waals surface area contributed by atoms with E-state index in [4.69, 9.17) is 16.3 Å². The van der Waals surface area contributed by atoms with Gasteiger partial charge in [0.1, 0.15) is 5.75 Å². The lowest BCUT2D eigenvalue weighted by atomic mass is 9.94. The van der Waals surface area contributed by atoms with Crippen molar-refractivity contribution < 1.29 is 9.53 Å². The van der Waals surface area contributed by atoms with Crippen LogP contribution < -0.4 is 10.1 Å². The van der Waals surface area contributed by atoms with E-state index in [1.807, 2.05) is 45.0 Å². The van der Waals surface area contributed by atoms with E-state index >= 15 is 0 Å². The minimum Gasteiger partial charge on any atom is -0.481 e. The van der Waals surface area contributed by atoms with Gasteiger partial charge in [0.25, 0.3) is 5.91 Å². The lowest BCUT2D eigenvalue weighted by Crippen LogP contribution is -2.50. The van der Waals surface area contributed by atoms with E-state index < -0.39 is 6.10 Å². The van der Waals surface area contributed by atoms with Crippen LogP contribution in [-0.4, -0.2) is 17.6 Å². The molecule has 4 heteroatoms. The zero-order chi connectivity index (χ0) is 17.6. The van der Waals surface area contributed by atoms with Crippen molar-refractivity contribution in [3.8, 4) is 5.75 Å². The van der Waals surface area contributed by atoms with E-state index in [1.54, 1.807) is 18.2 Å². The van der Waals surface area contributed by atoms with Crippen molar-refractivity contribution in [1.29, 1.82) is 0 Å². The normalized spacial score (nSPS) is 12.5. The molecule has 0 saturated carbocycles. The third-order valence-corrected chi connectivity index (χ3v) is 3.92. The maximum absolute atomic E-state index is 12.6. The van der Waals surface area contributed by atoms with Gasteiger partial charge in [0.05, 0.1) is 0 Å². The van der Waals surface area contributed by atoms with Crippen LogP contribution in [0, 0.1) is 0 Å². The number of halogens is 1. The van der Waals surface area contributed by atoms with Crippen LogP contribution in [0.2, 0.25) is 5.02 Å². The molecule has 0 aromatic heterocycles. The van der Waals surface area contributed by atoms with Gasteiger partial charge >= 0.3 is 0 Å². The fourth-order valence-corrected chi connectivity index (χ4v) is 2.77. The van der Waals surface area contributed by atoms with Crippen LogP contribution in [0.3, 0.4) is 0 Å². The van der Waals surface area contributed by atoms with Gasteiger partial charge in [-0.05, 0) is 50.5 Å². The molecule has 24 heavy (non-hydrogen) atoms. The van der Waals surface area contributed by atoms with Crippen molar-refractivity contribution in [2.24, 2.45) is 0 Å². The Morgan fingerprint density at radius 2 is 1.88 bits per heavy atom. The number of nitrogens with one attached hydrogen (secondary N) is 1. The van der Waals surface area contributed by atoms with Gasteiger partial charge in [0, 0.05) is 10.6 Å². The number of ether oxygens (including phenoxy) is 1. The first-order valence-corrected chi connectivity index (χ1v) is 8.55. The van der Waals surface area contributed by atoms with Gasteiger partial charge in [0.2, 0.25) is 0 Å². The molecule has 0 saturated heterocycles. The summed E-state index contributed by atoms with van der Waals surface area (Å²) in [6.45, 7) is 5.97. The first kappa shape index (κ1) is 18.3. The maximum atomic E-state index is 12.6. The van der Waals surface area contributed by atoms with E-state index in [0.717, 1.165) is 6.42 Å². The molecule has 0 aliphatic rings. The molecule has 0 spiro atoms. The Morgan fingerprint density at radius 3 is 2.50 bits per heavy atom. The van der Waals surface area contributed by atoms with Crippen LogP contribution in [0.4, 0.5) is 0 Å². The van der Waals surface area contributed by atoms with Crippen LogP contribution in [0.1, 0.15) is 32.8 Å². The summed E-state index contributed by atoms with van der Waals surface area (Å²) in [5.41, 5.74) is 0.829. The van der Waals surface area contributed by atoms with E-state index in [0.29, 0.717) is 17.2 Å². The second kappa shape index (κ2) is 8.20. The highest BCUT2D eigenvalue weighted by molar-refractivity contribution is 6.30. The Hall–Kier alpha value is -2.00. The SMILES string of the molecule is CC[C@H](Oc1cccc(Cl)c1)C(=O)NC(C)(C)Cc1ccccc1. The second-order valence-electron chi connectivity index (χ2n) is 6.51. The molecule has 0 heterocycles. The molecule has 2 aromatic rings. The van der Waals surface area contributed by atoms with Crippen molar-refractivity contribution in [2.45, 2.75) is 45.3 Å². The minimum absolute atomic E-state index is 0.113. The third kappa shape index (κ3) is 5.57. The molecule has 0 unspecified atom stereocenters. The van der Waals surface area contributed by atoms with Crippen LogP contribution in [0.25, 0.3) is 0 Å². The van der Waals surface area contributed by atoms with Gasteiger partial charge in [-0.2, -0.15) is 0 Å². The number of benzene rings is 2. The van der Waals surface area contributed by atoms with Crippen molar-refractivity contribution in [1.82, 2.24) is 5.32 Å². The predicted molar refractivity (Wildman–Crippen MR) is 98.5 cm³/mol. The van der Waals surface area contributed by atoms with Gasteiger partial charge in [-0.15, -0.1) is 0 Å². The molecule has 0 aliphatic heterocycles. The highest BCUT2D eigenvalue weighted by Crippen LogP contribution is 2.20. The number of amides is 1. The molecule has 0 radical (unpaired) electrons. The highest BCUT2D eigenvalue weighted by Gasteiger charge is 2.26. The smallest absolute Gasteiger partial charge is 0.261 e. The molecule has 1 atom stereocenters. The van der Waals surface area contributed by atoms with Crippen molar-refractivity contribution in [2.75, 3.05) is 0 Å². The lowest BCUT2D eigenvalue weighted by Gasteiger charge is -2.29. The van der Waals surface area contributed by atoms with E-state index in [-0.39, 0.29) is 11.4 Å². The lowest BCUT2D eigenvalue weighted by molar-refractivity contribution is -0.129. The summed E-state index contributed by atoms with van der Waals surface area (Å²) in [4.78, 5) is 12.6. The topological polar surface area (TPSA) is 38.3 Å². The zero-order valence-electron chi connectivity index (χ0n) is 14.4. The predicted octanol–water partition coefficient (Wildman–Crippen LogP) is 4.63. The Bertz CT molecular complexity index is 670. The molecule has 2 rings (SSSR count). The number of carbonyl (C=O) groups is 1. The number of carbonyl (C=O) groups excluding carboxylic acids is 1. The molecular formula is C20H24ClNO2. The fraction of sp³-hybridized carbons (Fsp3) is 0.350. The summed E-state index contributed by atoms with van der Waals surface area (Å²) < 4.78 is 5.81. The van der Waals surface area contributed by atoms with E-state index in [9.17, 15) is 4.79 Å². The summed E-state index contributed by atoms with van der Waals surface area (Å²) in [7, 11) is 0. The van der Waals surface area contributed by atoms with Gasteiger partial charge in [0.15, 0.2) is 6.10 Å². The first-order chi connectivity index (χ1) is 11.4. The van der Waals surface area contributed by atoms with Crippen molar-refractivity contribution in [3.05, 3.63) is 65.2 Å². The standard InChI is InChI=1S/C20H24ClNO2/c1-4-18(24-17-12-8-11-16(21)13-17)19(23)22-20(2,3)14-15-9-6-5-7-10-15/h5-13,18H,4,14H2,1-3H3,(H,22,23)/t18-/m0/s1. The summed E-state index contributed by atoms with van der Waals surface area (Å²) in [5, 5.41) is 3.68. The number of rotatable bonds is 7. The Kier molecular flexibility index (Phi) is 6.27. The zero-order valence-corrected chi connectivity index (χ0v) is 15.1. The van der Waals surface area contributed by atoms with Gasteiger partial charge in [-0.1, -0.05) is 54.9 Å². The highest BCUT2D eigenvalue weighted by atomic mass is 35.5. The summed E-state index contributed by atoms with van der Waals surface area (Å²) in [6, 6.07) is 17.2. The fourth-order valence-electron chi connectivity index (χ4n) is 2.59. The molecule has 3 nitrogen and oxygen atoms in total. The molecule has 128 valence electrons. The molecule has 0 bridgehead atoms. The summed E-state index contributed by atoms with van der Waals surface area (Å²) >= 11 is 5.97.